The fourth-order valence-corrected chi connectivity index (χ4v) is 2.43. The SMILES string of the molecule is CCC1CCCC(NCC(O)C(C)(C)C)C1. The number of aliphatic hydroxyl groups excluding tert-OH is 1. The van der Waals surface area contributed by atoms with Crippen LogP contribution >= 0.6 is 0 Å². The lowest BCUT2D eigenvalue weighted by Crippen LogP contribution is -2.42. The third-order valence-electron chi connectivity index (χ3n) is 3.96. The van der Waals surface area contributed by atoms with Gasteiger partial charge in [-0.05, 0) is 24.2 Å². The van der Waals surface area contributed by atoms with Crippen LogP contribution in [0, 0.1) is 11.3 Å². The number of aliphatic hydroxyl groups is 1. The summed E-state index contributed by atoms with van der Waals surface area (Å²) in [7, 11) is 0. The molecule has 2 N–H and O–H groups in total. The minimum atomic E-state index is -0.241. The van der Waals surface area contributed by atoms with Crippen LogP contribution in [0.25, 0.3) is 0 Å². The summed E-state index contributed by atoms with van der Waals surface area (Å²) >= 11 is 0. The highest BCUT2D eigenvalue weighted by molar-refractivity contribution is 4.81. The van der Waals surface area contributed by atoms with E-state index >= 15 is 0 Å². The van der Waals surface area contributed by atoms with Gasteiger partial charge in [-0.15, -0.1) is 0 Å². The lowest BCUT2D eigenvalue weighted by atomic mass is 9.83. The summed E-state index contributed by atoms with van der Waals surface area (Å²) in [5.74, 6) is 0.901. The fourth-order valence-electron chi connectivity index (χ4n) is 2.43. The monoisotopic (exact) mass is 227 g/mol. The molecule has 0 amide bonds. The van der Waals surface area contributed by atoms with Gasteiger partial charge in [0.1, 0.15) is 0 Å². The lowest BCUT2D eigenvalue weighted by molar-refractivity contribution is 0.0580. The second-order valence-corrected chi connectivity index (χ2v) is 6.43. The Labute approximate surface area is 101 Å². The average Bonchev–Trinajstić information content (AvgIpc) is 2.25. The molecule has 0 aliphatic heterocycles. The van der Waals surface area contributed by atoms with Crippen molar-refractivity contribution in [3.05, 3.63) is 0 Å². The molecular weight excluding hydrogens is 198 g/mol. The summed E-state index contributed by atoms with van der Waals surface area (Å²) in [5.41, 5.74) is -0.00811. The molecular formula is C14H29NO. The topological polar surface area (TPSA) is 32.3 Å². The average molecular weight is 227 g/mol. The summed E-state index contributed by atoms with van der Waals surface area (Å²) in [6.45, 7) is 9.31. The Bertz CT molecular complexity index is 197. The predicted octanol–water partition coefficient (Wildman–Crippen LogP) is 2.95. The van der Waals surface area contributed by atoms with Crippen LogP contribution in [0.3, 0.4) is 0 Å². The predicted molar refractivity (Wildman–Crippen MR) is 69.5 cm³/mol. The van der Waals surface area contributed by atoms with Crippen LogP contribution in [0.15, 0.2) is 0 Å². The van der Waals surface area contributed by atoms with E-state index in [0.717, 1.165) is 12.5 Å². The van der Waals surface area contributed by atoms with Crippen molar-refractivity contribution in [2.45, 2.75) is 71.9 Å². The van der Waals surface area contributed by atoms with Gasteiger partial charge in [0.05, 0.1) is 6.10 Å². The van der Waals surface area contributed by atoms with Gasteiger partial charge in [-0.1, -0.05) is 47.0 Å². The fraction of sp³-hybridized carbons (Fsp3) is 1.00. The molecule has 0 aromatic carbocycles. The molecule has 0 heterocycles. The Balaban J connectivity index is 2.27. The smallest absolute Gasteiger partial charge is 0.0712 e. The standard InChI is InChI=1S/C14H29NO/c1-5-11-7-6-8-12(9-11)15-10-13(16)14(2,3)4/h11-13,15-16H,5-10H2,1-4H3. The molecule has 1 rings (SSSR count). The van der Waals surface area contributed by atoms with Crippen LogP contribution in [-0.4, -0.2) is 23.8 Å². The van der Waals surface area contributed by atoms with Crippen molar-refractivity contribution in [2.75, 3.05) is 6.54 Å². The first-order valence-electron chi connectivity index (χ1n) is 6.85. The maximum atomic E-state index is 9.98. The van der Waals surface area contributed by atoms with E-state index < -0.39 is 0 Å². The van der Waals surface area contributed by atoms with E-state index in [2.05, 4.69) is 33.0 Å². The summed E-state index contributed by atoms with van der Waals surface area (Å²) in [6.07, 6.45) is 6.40. The van der Waals surface area contributed by atoms with Crippen LogP contribution < -0.4 is 5.32 Å². The van der Waals surface area contributed by atoms with E-state index in [1.807, 2.05) is 0 Å². The first-order valence-corrected chi connectivity index (χ1v) is 6.85. The molecule has 1 aliphatic carbocycles. The van der Waals surface area contributed by atoms with E-state index in [-0.39, 0.29) is 11.5 Å². The molecule has 2 heteroatoms. The normalized spacial score (nSPS) is 29.1. The molecule has 16 heavy (non-hydrogen) atoms. The van der Waals surface area contributed by atoms with Gasteiger partial charge in [0, 0.05) is 12.6 Å². The van der Waals surface area contributed by atoms with Gasteiger partial charge in [-0.25, -0.2) is 0 Å². The summed E-state index contributed by atoms with van der Waals surface area (Å²) in [6, 6.07) is 0.635. The van der Waals surface area contributed by atoms with Gasteiger partial charge in [-0.3, -0.25) is 0 Å². The Morgan fingerprint density at radius 3 is 2.56 bits per heavy atom. The molecule has 0 radical (unpaired) electrons. The quantitative estimate of drug-likeness (QED) is 0.774. The number of rotatable bonds is 4. The summed E-state index contributed by atoms with van der Waals surface area (Å²) < 4.78 is 0. The minimum Gasteiger partial charge on any atom is -0.391 e. The number of hydrogen-bond acceptors (Lipinski definition) is 2. The van der Waals surface area contributed by atoms with Crippen molar-refractivity contribution >= 4 is 0 Å². The van der Waals surface area contributed by atoms with Crippen LogP contribution in [0.4, 0.5) is 0 Å². The first-order chi connectivity index (χ1) is 7.43. The van der Waals surface area contributed by atoms with Gasteiger partial charge in [0.2, 0.25) is 0 Å². The molecule has 96 valence electrons. The molecule has 3 atom stereocenters. The molecule has 2 nitrogen and oxygen atoms in total. The van der Waals surface area contributed by atoms with E-state index in [9.17, 15) is 5.11 Å². The zero-order valence-corrected chi connectivity index (χ0v) is 11.4. The van der Waals surface area contributed by atoms with Gasteiger partial charge in [0.25, 0.3) is 0 Å². The minimum absolute atomic E-state index is 0.00811. The lowest BCUT2D eigenvalue weighted by Gasteiger charge is -2.32. The van der Waals surface area contributed by atoms with Crippen molar-refractivity contribution < 1.29 is 5.11 Å². The third-order valence-corrected chi connectivity index (χ3v) is 3.96. The van der Waals surface area contributed by atoms with Crippen LogP contribution in [-0.2, 0) is 0 Å². The highest BCUT2D eigenvalue weighted by Gasteiger charge is 2.25. The highest BCUT2D eigenvalue weighted by atomic mass is 16.3. The summed E-state index contributed by atoms with van der Waals surface area (Å²) in [4.78, 5) is 0. The highest BCUT2D eigenvalue weighted by Crippen LogP contribution is 2.27. The maximum Gasteiger partial charge on any atom is 0.0712 e. The van der Waals surface area contributed by atoms with E-state index in [0.29, 0.717) is 6.04 Å². The molecule has 3 unspecified atom stereocenters. The molecule has 1 aliphatic rings. The Morgan fingerprint density at radius 2 is 2.00 bits per heavy atom. The van der Waals surface area contributed by atoms with E-state index in [1.165, 1.54) is 32.1 Å². The number of hydrogen-bond donors (Lipinski definition) is 2. The van der Waals surface area contributed by atoms with E-state index in [4.69, 9.17) is 0 Å². The number of nitrogens with one attached hydrogen (secondary N) is 1. The Morgan fingerprint density at radius 1 is 1.31 bits per heavy atom. The summed E-state index contributed by atoms with van der Waals surface area (Å²) in [5, 5.41) is 13.5. The molecule has 0 aromatic heterocycles. The van der Waals surface area contributed by atoms with Gasteiger partial charge >= 0.3 is 0 Å². The largest absolute Gasteiger partial charge is 0.391 e. The second kappa shape index (κ2) is 6.02. The van der Waals surface area contributed by atoms with Crippen molar-refractivity contribution in [2.24, 2.45) is 11.3 Å². The van der Waals surface area contributed by atoms with Crippen molar-refractivity contribution in [3.8, 4) is 0 Å². The third kappa shape index (κ3) is 4.42. The van der Waals surface area contributed by atoms with Crippen molar-refractivity contribution in [3.63, 3.8) is 0 Å². The molecule has 0 bridgehead atoms. The molecule has 0 saturated heterocycles. The van der Waals surface area contributed by atoms with Gasteiger partial charge in [0.15, 0.2) is 0 Å². The Kier molecular flexibility index (Phi) is 5.26. The van der Waals surface area contributed by atoms with Crippen LogP contribution in [0.1, 0.15) is 59.8 Å². The molecule has 1 fully saturated rings. The van der Waals surface area contributed by atoms with E-state index in [1.54, 1.807) is 0 Å². The Hall–Kier alpha value is -0.0800. The van der Waals surface area contributed by atoms with Gasteiger partial charge < -0.3 is 10.4 Å². The molecule has 0 spiro atoms. The molecule has 1 saturated carbocycles. The van der Waals surface area contributed by atoms with Crippen molar-refractivity contribution in [1.29, 1.82) is 0 Å². The molecule has 0 aromatic rings. The van der Waals surface area contributed by atoms with Crippen LogP contribution in [0.2, 0.25) is 0 Å². The maximum absolute atomic E-state index is 9.98. The van der Waals surface area contributed by atoms with Crippen molar-refractivity contribution in [1.82, 2.24) is 5.32 Å². The van der Waals surface area contributed by atoms with Crippen LogP contribution in [0.5, 0.6) is 0 Å². The zero-order valence-electron chi connectivity index (χ0n) is 11.4. The first kappa shape index (κ1) is 14.0. The van der Waals surface area contributed by atoms with Gasteiger partial charge in [-0.2, -0.15) is 0 Å². The zero-order chi connectivity index (χ0) is 12.2. The second-order valence-electron chi connectivity index (χ2n) is 6.43.